The van der Waals surface area contributed by atoms with Gasteiger partial charge in [-0.15, -0.1) is 21.5 Å². The first-order valence-corrected chi connectivity index (χ1v) is 7.59. The second-order valence-corrected chi connectivity index (χ2v) is 6.17. The van der Waals surface area contributed by atoms with Crippen LogP contribution in [0.2, 0.25) is 0 Å². The smallest absolute Gasteiger partial charge is 0.226 e. The summed E-state index contributed by atoms with van der Waals surface area (Å²) in [4.78, 5) is 16.4. The van der Waals surface area contributed by atoms with E-state index in [1.807, 2.05) is 19.2 Å². The number of fused-ring (bicyclic) bond motifs is 1. The lowest BCUT2D eigenvalue weighted by molar-refractivity contribution is -0.121. The fourth-order valence-electron chi connectivity index (χ4n) is 2.51. The molecule has 0 radical (unpaired) electrons. The monoisotopic (exact) mass is 291 g/mol. The lowest BCUT2D eigenvalue weighted by Crippen LogP contribution is -2.41. The summed E-state index contributed by atoms with van der Waals surface area (Å²) >= 11 is 1.57. The summed E-state index contributed by atoms with van der Waals surface area (Å²) in [5, 5.41) is 14.2. The highest BCUT2D eigenvalue weighted by Crippen LogP contribution is 2.15. The van der Waals surface area contributed by atoms with Crippen LogP contribution in [0.4, 0.5) is 0 Å². The molecule has 0 saturated carbocycles. The molecule has 2 aromatic rings. The number of hydrogen-bond acceptors (Lipinski definition) is 5. The SMILES string of the molecule is Cc1nc(CC(=O)N[C@@H]2CCc3nnc(C)n3C2)cs1. The molecule has 0 aliphatic carbocycles. The lowest BCUT2D eigenvalue weighted by atomic mass is 10.1. The van der Waals surface area contributed by atoms with Gasteiger partial charge in [-0.05, 0) is 20.3 Å². The Bertz CT molecular complexity index is 632. The third-order valence-electron chi connectivity index (χ3n) is 3.51. The lowest BCUT2D eigenvalue weighted by Gasteiger charge is -2.24. The van der Waals surface area contributed by atoms with Crippen LogP contribution in [0.5, 0.6) is 0 Å². The summed E-state index contributed by atoms with van der Waals surface area (Å²) in [6, 6.07) is 0.157. The third kappa shape index (κ3) is 2.72. The molecule has 1 N–H and O–H groups in total. The number of aromatic nitrogens is 4. The number of nitrogens with one attached hydrogen (secondary N) is 1. The Morgan fingerprint density at radius 3 is 3.10 bits per heavy atom. The Morgan fingerprint density at radius 2 is 2.35 bits per heavy atom. The standard InChI is InChI=1S/C13H17N5OS/c1-8-16-17-12-4-3-10(6-18(8)12)15-13(19)5-11-7-20-9(2)14-11/h7,10H,3-6H2,1-2H3,(H,15,19)/t10-/m1/s1. The van der Waals surface area contributed by atoms with Crippen molar-refractivity contribution in [1.29, 1.82) is 0 Å². The first-order chi connectivity index (χ1) is 9.61. The van der Waals surface area contributed by atoms with E-state index >= 15 is 0 Å². The highest BCUT2D eigenvalue weighted by molar-refractivity contribution is 7.09. The van der Waals surface area contributed by atoms with E-state index < -0.39 is 0 Å². The van der Waals surface area contributed by atoms with Crippen molar-refractivity contribution in [1.82, 2.24) is 25.1 Å². The van der Waals surface area contributed by atoms with Crippen molar-refractivity contribution in [3.05, 3.63) is 27.7 Å². The van der Waals surface area contributed by atoms with Crippen molar-refractivity contribution >= 4 is 17.2 Å². The van der Waals surface area contributed by atoms with Gasteiger partial charge in [0.1, 0.15) is 11.6 Å². The van der Waals surface area contributed by atoms with Gasteiger partial charge in [-0.1, -0.05) is 0 Å². The second-order valence-electron chi connectivity index (χ2n) is 5.11. The van der Waals surface area contributed by atoms with Gasteiger partial charge < -0.3 is 9.88 Å². The van der Waals surface area contributed by atoms with Gasteiger partial charge in [-0.25, -0.2) is 4.98 Å². The van der Waals surface area contributed by atoms with E-state index in [2.05, 4.69) is 25.1 Å². The summed E-state index contributed by atoms with van der Waals surface area (Å²) in [6.45, 7) is 4.65. The predicted molar refractivity (Wildman–Crippen MR) is 75.6 cm³/mol. The van der Waals surface area contributed by atoms with E-state index in [-0.39, 0.29) is 11.9 Å². The number of carbonyl (C=O) groups is 1. The van der Waals surface area contributed by atoms with Crippen LogP contribution in [0.3, 0.4) is 0 Å². The first-order valence-electron chi connectivity index (χ1n) is 6.71. The molecule has 0 fully saturated rings. The molecular formula is C13H17N5OS. The van der Waals surface area contributed by atoms with Gasteiger partial charge in [-0.3, -0.25) is 4.79 Å². The quantitative estimate of drug-likeness (QED) is 0.916. The van der Waals surface area contributed by atoms with Gasteiger partial charge in [0.15, 0.2) is 0 Å². The van der Waals surface area contributed by atoms with Crippen LogP contribution in [0, 0.1) is 13.8 Å². The third-order valence-corrected chi connectivity index (χ3v) is 4.33. The highest BCUT2D eigenvalue weighted by Gasteiger charge is 2.22. The number of rotatable bonds is 3. The molecule has 2 aromatic heterocycles. The van der Waals surface area contributed by atoms with E-state index in [0.717, 1.165) is 41.7 Å². The minimum Gasteiger partial charge on any atom is -0.351 e. The molecule has 3 heterocycles. The molecule has 1 aliphatic rings. The molecular weight excluding hydrogens is 274 g/mol. The van der Waals surface area contributed by atoms with Crippen LogP contribution in [-0.4, -0.2) is 31.7 Å². The second kappa shape index (κ2) is 5.32. The van der Waals surface area contributed by atoms with Crippen LogP contribution in [-0.2, 0) is 24.2 Å². The van der Waals surface area contributed by atoms with Gasteiger partial charge in [0.05, 0.1) is 17.1 Å². The Labute approximate surface area is 121 Å². The maximum Gasteiger partial charge on any atom is 0.226 e. The molecule has 0 aromatic carbocycles. The van der Waals surface area contributed by atoms with Gasteiger partial charge >= 0.3 is 0 Å². The average molecular weight is 291 g/mol. The number of aryl methyl sites for hydroxylation is 3. The molecule has 1 aliphatic heterocycles. The van der Waals surface area contributed by atoms with Crippen LogP contribution in [0.15, 0.2) is 5.38 Å². The Hall–Kier alpha value is -1.76. The molecule has 0 bridgehead atoms. The van der Waals surface area contributed by atoms with Crippen molar-refractivity contribution in [3.63, 3.8) is 0 Å². The zero-order valence-electron chi connectivity index (χ0n) is 11.6. The average Bonchev–Trinajstić information content (AvgIpc) is 2.97. The Kier molecular flexibility index (Phi) is 3.52. The first kappa shape index (κ1) is 13.2. The van der Waals surface area contributed by atoms with Gasteiger partial charge in [-0.2, -0.15) is 0 Å². The molecule has 20 heavy (non-hydrogen) atoms. The minimum atomic E-state index is 0.0366. The van der Waals surface area contributed by atoms with Crippen molar-refractivity contribution in [2.24, 2.45) is 0 Å². The molecule has 0 saturated heterocycles. The maximum absolute atomic E-state index is 12.0. The van der Waals surface area contributed by atoms with Crippen LogP contribution < -0.4 is 5.32 Å². The molecule has 0 unspecified atom stereocenters. The van der Waals surface area contributed by atoms with Crippen molar-refractivity contribution in [2.75, 3.05) is 0 Å². The summed E-state index contributed by atoms with van der Waals surface area (Å²) in [6.07, 6.45) is 2.14. The van der Waals surface area contributed by atoms with Crippen molar-refractivity contribution in [3.8, 4) is 0 Å². The number of nitrogens with zero attached hydrogens (tertiary/aromatic N) is 4. The van der Waals surface area contributed by atoms with Gasteiger partial charge in [0.25, 0.3) is 0 Å². The normalized spacial score (nSPS) is 17.8. The van der Waals surface area contributed by atoms with E-state index in [1.165, 1.54) is 0 Å². The van der Waals surface area contributed by atoms with E-state index in [9.17, 15) is 4.79 Å². The molecule has 1 atom stereocenters. The predicted octanol–water partition coefficient (Wildman–Crippen LogP) is 1.03. The summed E-state index contributed by atoms with van der Waals surface area (Å²) in [5.74, 6) is 1.96. The highest BCUT2D eigenvalue weighted by atomic mass is 32.1. The number of carbonyl (C=O) groups excluding carboxylic acids is 1. The number of thiazole rings is 1. The minimum absolute atomic E-state index is 0.0366. The summed E-state index contributed by atoms with van der Waals surface area (Å²) < 4.78 is 2.08. The number of hydrogen-bond donors (Lipinski definition) is 1. The van der Waals surface area contributed by atoms with Crippen LogP contribution in [0.1, 0.15) is 28.8 Å². The van der Waals surface area contributed by atoms with Crippen LogP contribution in [0.25, 0.3) is 0 Å². The molecule has 1 amide bonds. The van der Waals surface area contributed by atoms with Crippen molar-refractivity contribution in [2.45, 2.75) is 45.7 Å². The van der Waals surface area contributed by atoms with E-state index in [4.69, 9.17) is 0 Å². The fourth-order valence-corrected chi connectivity index (χ4v) is 3.13. The molecule has 3 rings (SSSR count). The van der Waals surface area contributed by atoms with Crippen molar-refractivity contribution < 1.29 is 4.79 Å². The zero-order valence-corrected chi connectivity index (χ0v) is 12.4. The summed E-state index contributed by atoms with van der Waals surface area (Å²) in [7, 11) is 0. The van der Waals surface area contributed by atoms with Gasteiger partial charge in [0.2, 0.25) is 5.91 Å². The zero-order chi connectivity index (χ0) is 14.1. The van der Waals surface area contributed by atoms with E-state index in [0.29, 0.717) is 6.42 Å². The fraction of sp³-hybridized carbons (Fsp3) is 0.538. The van der Waals surface area contributed by atoms with Gasteiger partial charge in [0, 0.05) is 24.4 Å². The molecule has 106 valence electrons. The summed E-state index contributed by atoms with van der Waals surface area (Å²) in [5.41, 5.74) is 0.849. The molecule has 6 nitrogen and oxygen atoms in total. The Morgan fingerprint density at radius 1 is 1.50 bits per heavy atom. The number of amides is 1. The molecule has 7 heteroatoms. The maximum atomic E-state index is 12.0. The largest absolute Gasteiger partial charge is 0.351 e. The topological polar surface area (TPSA) is 72.7 Å². The Balaban J connectivity index is 1.59. The molecule has 0 spiro atoms. The van der Waals surface area contributed by atoms with E-state index in [1.54, 1.807) is 11.3 Å². The van der Waals surface area contributed by atoms with Crippen LogP contribution >= 0.6 is 11.3 Å².